The van der Waals surface area contributed by atoms with Gasteiger partial charge in [-0.05, 0) is 43.6 Å². The number of hydrogen-bond acceptors (Lipinski definition) is 3. The number of amides is 1. The van der Waals surface area contributed by atoms with Crippen molar-refractivity contribution in [2.75, 3.05) is 13.1 Å². The molecule has 18 heavy (non-hydrogen) atoms. The van der Waals surface area contributed by atoms with Gasteiger partial charge in [0.05, 0.1) is 0 Å². The van der Waals surface area contributed by atoms with Crippen LogP contribution in [0.5, 0.6) is 0 Å². The Bertz CT molecular complexity index is 256. The van der Waals surface area contributed by atoms with E-state index in [9.17, 15) is 10.0 Å². The van der Waals surface area contributed by atoms with Crippen molar-refractivity contribution in [3.05, 3.63) is 5.21 Å². The smallest absolute Gasteiger partial charge is 0.223 e. The van der Waals surface area contributed by atoms with Gasteiger partial charge in [-0.1, -0.05) is 27.2 Å². The number of nitrogens with one attached hydrogen (secondary N) is 2. The van der Waals surface area contributed by atoms with E-state index in [-0.39, 0.29) is 11.8 Å². The predicted octanol–water partition coefficient (Wildman–Crippen LogP) is 2.29. The molecule has 0 aromatic rings. The summed E-state index contributed by atoms with van der Waals surface area (Å²) in [5, 5.41) is 13.1. The number of hydroxylamine groups is 1. The molecule has 0 spiro atoms. The molecule has 0 saturated heterocycles. The number of carbonyl (C=O) groups is 1. The van der Waals surface area contributed by atoms with E-state index in [4.69, 9.17) is 0 Å². The van der Waals surface area contributed by atoms with Crippen LogP contribution in [-0.2, 0) is 4.79 Å². The van der Waals surface area contributed by atoms with Crippen molar-refractivity contribution in [2.45, 2.75) is 46.5 Å². The minimum atomic E-state index is 0.161. The van der Waals surface area contributed by atoms with Crippen LogP contribution in [0.15, 0.2) is 0 Å². The van der Waals surface area contributed by atoms with Gasteiger partial charge in [-0.3, -0.25) is 4.79 Å². The van der Waals surface area contributed by atoms with E-state index in [1.807, 2.05) is 5.48 Å². The van der Waals surface area contributed by atoms with Crippen molar-refractivity contribution in [3.63, 3.8) is 0 Å². The fourth-order valence-corrected chi connectivity index (χ4v) is 3.01. The minimum absolute atomic E-state index is 0.161. The minimum Gasteiger partial charge on any atom is -0.788 e. The van der Waals surface area contributed by atoms with Crippen LogP contribution in [0.4, 0.5) is 0 Å². The van der Waals surface area contributed by atoms with E-state index in [1.165, 1.54) is 12.8 Å². The van der Waals surface area contributed by atoms with Gasteiger partial charge in [0.15, 0.2) is 0 Å². The number of rotatable bonds is 6. The van der Waals surface area contributed by atoms with E-state index in [0.29, 0.717) is 37.3 Å². The quantitative estimate of drug-likeness (QED) is 0.565. The highest BCUT2D eigenvalue weighted by molar-refractivity contribution is 5.79. The van der Waals surface area contributed by atoms with Gasteiger partial charge in [0.1, 0.15) is 0 Å². The van der Waals surface area contributed by atoms with Crippen LogP contribution >= 0.6 is 0 Å². The lowest BCUT2D eigenvalue weighted by Crippen LogP contribution is -2.40. The molecule has 1 saturated carbocycles. The monoisotopic (exact) mass is 255 g/mol. The number of carbonyl (C=O) groups excluding carboxylic acids is 1. The molecule has 0 aromatic carbocycles. The molecule has 4 nitrogen and oxygen atoms in total. The second kappa shape index (κ2) is 7.74. The van der Waals surface area contributed by atoms with Crippen LogP contribution in [0.2, 0.25) is 0 Å². The molecule has 0 heterocycles. The van der Waals surface area contributed by atoms with Crippen molar-refractivity contribution in [2.24, 2.45) is 23.7 Å². The standard InChI is InChI=1S/C14H27N2O2/c1-10(2)12-6-5-11(3)9-13(12)14(17)15-7-4-8-16-18/h10-13,16H,4-9H2,1-3H3,(H,15,17)/q-1. The third-order valence-electron chi connectivity index (χ3n) is 4.11. The Balaban J connectivity index is 2.45. The maximum atomic E-state index is 12.2. The van der Waals surface area contributed by atoms with Crippen molar-refractivity contribution < 1.29 is 4.79 Å². The van der Waals surface area contributed by atoms with Crippen LogP contribution in [0.25, 0.3) is 0 Å². The van der Waals surface area contributed by atoms with Gasteiger partial charge in [0.2, 0.25) is 5.91 Å². The van der Waals surface area contributed by atoms with Crippen molar-refractivity contribution in [3.8, 4) is 0 Å². The first-order valence-electron chi connectivity index (χ1n) is 7.19. The van der Waals surface area contributed by atoms with E-state index in [2.05, 4.69) is 26.1 Å². The normalized spacial score (nSPS) is 28.4. The Labute approximate surface area is 110 Å². The van der Waals surface area contributed by atoms with Gasteiger partial charge in [0.25, 0.3) is 0 Å². The summed E-state index contributed by atoms with van der Waals surface area (Å²) in [6.07, 6.45) is 4.12. The van der Waals surface area contributed by atoms with Crippen LogP contribution in [-0.4, -0.2) is 19.0 Å². The van der Waals surface area contributed by atoms with E-state index in [1.54, 1.807) is 0 Å². The lowest BCUT2D eigenvalue weighted by Gasteiger charge is -2.36. The summed E-state index contributed by atoms with van der Waals surface area (Å²) in [7, 11) is 0. The Morgan fingerprint density at radius 1 is 1.33 bits per heavy atom. The molecule has 1 fully saturated rings. The van der Waals surface area contributed by atoms with Gasteiger partial charge < -0.3 is 16.0 Å². The van der Waals surface area contributed by atoms with Gasteiger partial charge in [-0.25, -0.2) is 0 Å². The highest BCUT2D eigenvalue weighted by Gasteiger charge is 2.34. The van der Waals surface area contributed by atoms with E-state index in [0.717, 1.165) is 6.42 Å². The summed E-state index contributed by atoms with van der Waals surface area (Å²) in [4.78, 5) is 12.2. The predicted molar refractivity (Wildman–Crippen MR) is 73.8 cm³/mol. The lowest BCUT2D eigenvalue weighted by molar-refractivity contribution is -0.129. The molecule has 3 unspecified atom stereocenters. The first kappa shape index (κ1) is 15.4. The second-order valence-corrected chi connectivity index (χ2v) is 5.97. The second-order valence-electron chi connectivity index (χ2n) is 5.97. The zero-order chi connectivity index (χ0) is 13.5. The zero-order valence-corrected chi connectivity index (χ0v) is 11.9. The molecule has 1 amide bonds. The molecule has 1 rings (SSSR count). The van der Waals surface area contributed by atoms with E-state index < -0.39 is 0 Å². The molecule has 0 aliphatic heterocycles. The maximum Gasteiger partial charge on any atom is 0.223 e. The Morgan fingerprint density at radius 2 is 2.06 bits per heavy atom. The molecule has 4 heteroatoms. The topological polar surface area (TPSA) is 64.2 Å². The van der Waals surface area contributed by atoms with Crippen molar-refractivity contribution in [1.29, 1.82) is 0 Å². The molecule has 2 N–H and O–H groups in total. The molecule has 1 aliphatic rings. The fourth-order valence-electron chi connectivity index (χ4n) is 3.01. The maximum absolute atomic E-state index is 12.2. The molecule has 0 aromatic heterocycles. The average molecular weight is 255 g/mol. The summed E-state index contributed by atoms with van der Waals surface area (Å²) in [5.74, 6) is 2.08. The molecule has 1 aliphatic carbocycles. The average Bonchev–Trinajstić information content (AvgIpc) is 2.34. The van der Waals surface area contributed by atoms with Crippen molar-refractivity contribution >= 4 is 5.91 Å². The van der Waals surface area contributed by atoms with Crippen LogP contribution < -0.4 is 10.8 Å². The van der Waals surface area contributed by atoms with E-state index >= 15 is 0 Å². The summed E-state index contributed by atoms with van der Waals surface area (Å²) in [6, 6.07) is 0. The summed E-state index contributed by atoms with van der Waals surface area (Å²) >= 11 is 0. The zero-order valence-electron chi connectivity index (χ0n) is 11.9. The Morgan fingerprint density at radius 3 is 2.67 bits per heavy atom. The molecular weight excluding hydrogens is 228 g/mol. The highest BCUT2D eigenvalue weighted by Crippen LogP contribution is 2.37. The summed E-state index contributed by atoms with van der Waals surface area (Å²) in [5.41, 5.74) is 1.85. The van der Waals surface area contributed by atoms with Gasteiger partial charge >= 0.3 is 0 Å². The van der Waals surface area contributed by atoms with Crippen LogP contribution in [0.1, 0.15) is 46.5 Å². The third-order valence-corrected chi connectivity index (χ3v) is 4.11. The molecule has 0 radical (unpaired) electrons. The fraction of sp³-hybridized carbons (Fsp3) is 0.929. The Kier molecular flexibility index (Phi) is 6.65. The molecular formula is C14H27N2O2-. The van der Waals surface area contributed by atoms with Gasteiger partial charge in [-0.15, -0.1) is 0 Å². The first-order chi connectivity index (χ1) is 8.56. The summed E-state index contributed by atoms with van der Waals surface area (Å²) < 4.78 is 0. The highest BCUT2D eigenvalue weighted by atomic mass is 16.5. The lowest BCUT2D eigenvalue weighted by atomic mass is 9.70. The molecule has 3 atom stereocenters. The third kappa shape index (κ3) is 4.58. The SMILES string of the molecule is CC1CCC(C(C)C)C(C(=O)NCCCN[O-])C1. The van der Waals surface area contributed by atoms with Gasteiger partial charge in [-0.2, -0.15) is 0 Å². The van der Waals surface area contributed by atoms with Crippen LogP contribution in [0.3, 0.4) is 0 Å². The van der Waals surface area contributed by atoms with Crippen molar-refractivity contribution in [1.82, 2.24) is 10.8 Å². The largest absolute Gasteiger partial charge is 0.788 e. The molecule has 106 valence electrons. The first-order valence-corrected chi connectivity index (χ1v) is 7.19. The molecule has 0 bridgehead atoms. The Hall–Kier alpha value is -0.610. The van der Waals surface area contributed by atoms with Crippen LogP contribution in [0, 0.1) is 28.9 Å². The number of hydrogen-bond donors (Lipinski definition) is 2. The summed E-state index contributed by atoms with van der Waals surface area (Å²) in [6.45, 7) is 7.67. The van der Waals surface area contributed by atoms with Gasteiger partial charge in [0, 0.05) is 12.5 Å².